The van der Waals surface area contributed by atoms with E-state index in [1.54, 1.807) is 11.8 Å². The quantitative estimate of drug-likeness (QED) is 0.861. The zero-order valence-electron chi connectivity index (χ0n) is 12.2. The number of benzene rings is 1. The van der Waals surface area contributed by atoms with Gasteiger partial charge in [0, 0.05) is 11.3 Å². The van der Waals surface area contributed by atoms with E-state index in [1.165, 1.54) is 0 Å². The number of thioether (sulfide) groups is 1. The molecule has 0 radical (unpaired) electrons. The van der Waals surface area contributed by atoms with E-state index in [9.17, 15) is 9.59 Å². The molecule has 3 heterocycles. The minimum Gasteiger partial charge on any atom is -0.419 e. The van der Waals surface area contributed by atoms with Crippen LogP contribution in [0.2, 0.25) is 0 Å². The van der Waals surface area contributed by atoms with Crippen molar-refractivity contribution in [2.45, 2.75) is 18.5 Å². The Bertz CT molecular complexity index is 755. The van der Waals surface area contributed by atoms with Gasteiger partial charge in [0.15, 0.2) is 0 Å². The lowest BCUT2D eigenvalue weighted by Crippen LogP contribution is -2.46. The van der Waals surface area contributed by atoms with Crippen molar-refractivity contribution >= 4 is 23.7 Å². The molecule has 3 amide bonds. The zero-order valence-corrected chi connectivity index (χ0v) is 13.0. The second-order valence-electron chi connectivity index (χ2n) is 5.57. The summed E-state index contributed by atoms with van der Waals surface area (Å²) in [4.78, 5) is 25.8. The average molecular weight is 330 g/mol. The van der Waals surface area contributed by atoms with E-state index in [0.717, 1.165) is 16.2 Å². The van der Waals surface area contributed by atoms with Gasteiger partial charge >= 0.3 is 6.03 Å². The van der Waals surface area contributed by atoms with Crippen molar-refractivity contribution in [1.29, 1.82) is 0 Å². The fourth-order valence-electron chi connectivity index (χ4n) is 2.80. The van der Waals surface area contributed by atoms with Crippen molar-refractivity contribution in [2.75, 3.05) is 11.5 Å². The van der Waals surface area contributed by atoms with Gasteiger partial charge in [0.05, 0.1) is 0 Å². The van der Waals surface area contributed by atoms with E-state index in [-0.39, 0.29) is 18.3 Å². The molecular weight excluding hydrogens is 316 g/mol. The Hall–Kier alpha value is -2.35. The minimum absolute atomic E-state index is 0.00306. The van der Waals surface area contributed by atoms with Crippen LogP contribution in [0.4, 0.5) is 4.79 Å². The van der Waals surface area contributed by atoms with Crippen molar-refractivity contribution in [2.24, 2.45) is 0 Å². The first kappa shape index (κ1) is 14.3. The Labute approximate surface area is 136 Å². The van der Waals surface area contributed by atoms with Crippen molar-refractivity contribution < 1.29 is 14.0 Å². The molecule has 2 saturated heterocycles. The summed E-state index contributed by atoms with van der Waals surface area (Å²) in [5, 5.41) is 10.7. The monoisotopic (exact) mass is 330 g/mol. The van der Waals surface area contributed by atoms with E-state index in [2.05, 4.69) is 15.5 Å². The highest BCUT2D eigenvalue weighted by Crippen LogP contribution is 2.34. The third kappa shape index (κ3) is 2.39. The summed E-state index contributed by atoms with van der Waals surface area (Å²) < 4.78 is 5.58. The number of urea groups is 1. The molecule has 2 aliphatic rings. The van der Waals surface area contributed by atoms with Gasteiger partial charge in [0.1, 0.15) is 12.1 Å². The molecule has 4 rings (SSSR count). The highest BCUT2D eigenvalue weighted by Gasteiger charge is 2.53. The summed E-state index contributed by atoms with van der Waals surface area (Å²) in [6.07, 6.45) is 0.665. The molecule has 7 nitrogen and oxygen atoms in total. The van der Waals surface area contributed by atoms with Gasteiger partial charge in [-0.3, -0.25) is 9.69 Å². The lowest BCUT2D eigenvalue weighted by molar-refractivity contribution is -0.131. The molecule has 2 aromatic rings. The van der Waals surface area contributed by atoms with Gasteiger partial charge in [-0.25, -0.2) is 4.79 Å². The Morgan fingerprint density at radius 2 is 2.09 bits per heavy atom. The number of aromatic nitrogens is 2. The van der Waals surface area contributed by atoms with Gasteiger partial charge in [0.2, 0.25) is 11.8 Å². The number of hydrogen-bond donors (Lipinski definition) is 1. The van der Waals surface area contributed by atoms with Gasteiger partial charge in [-0.15, -0.1) is 10.2 Å². The molecule has 2 fully saturated rings. The summed E-state index contributed by atoms with van der Waals surface area (Å²) in [6, 6.07) is 8.96. The Balaban J connectivity index is 1.54. The number of carbonyl (C=O) groups excluding carboxylic acids is 2. The van der Waals surface area contributed by atoms with Crippen molar-refractivity contribution in [3.05, 3.63) is 36.2 Å². The van der Waals surface area contributed by atoms with Crippen LogP contribution < -0.4 is 5.32 Å². The number of amides is 3. The average Bonchev–Trinajstić information content (AvgIpc) is 3.27. The fraction of sp³-hybridized carbons (Fsp3) is 0.333. The summed E-state index contributed by atoms with van der Waals surface area (Å²) >= 11 is 1.67. The molecule has 1 spiro atoms. The largest absolute Gasteiger partial charge is 0.419 e. The third-order valence-electron chi connectivity index (χ3n) is 4.05. The van der Waals surface area contributed by atoms with Gasteiger partial charge < -0.3 is 9.73 Å². The van der Waals surface area contributed by atoms with Gasteiger partial charge in [-0.05, 0) is 24.3 Å². The van der Waals surface area contributed by atoms with Gasteiger partial charge in [0.25, 0.3) is 5.91 Å². The number of carbonyl (C=O) groups is 2. The second kappa shape index (κ2) is 5.38. The lowest BCUT2D eigenvalue weighted by Gasteiger charge is -2.18. The van der Waals surface area contributed by atoms with Crippen LogP contribution in [0.15, 0.2) is 34.7 Å². The van der Waals surface area contributed by atoms with E-state index in [0.29, 0.717) is 18.1 Å². The highest BCUT2D eigenvalue weighted by atomic mass is 32.2. The molecule has 1 aromatic carbocycles. The fourth-order valence-corrected chi connectivity index (χ4v) is 4.13. The first-order chi connectivity index (χ1) is 11.2. The number of imide groups is 1. The van der Waals surface area contributed by atoms with Gasteiger partial charge in [-0.1, -0.05) is 18.2 Å². The number of hydrogen-bond acceptors (Lipinski definition) is 6. The molecule has 0 bridgehead atoms. The van der Waals surface area contributed by atoms with Crippen molar-refractivity contribution in [3.63, 3.8) is 0 Å². The van der Waals surface area contributed by atoms with E-state index >= 15 is 0 Å². The smallest absolute Gasteiger partial charge is 0.325 e. The van der Waals surface area contributed by atoms with E-state index in [1.807, 2.05) is 30.3 Å². The number of rotatable bonds is 3. The molecule has 1 aromatic heterocycles. The van der Waals surface area contributed by atoms with Gasteiger partial charge in [-0.2, -0.15) is 11.8 Å². The molecule has 0 saturated carbocycles. The van der Waals surface area contributed by atoms with Crippen molar-refractivity contribution in [1.82, 2.24) is 20.4 Å². The predicted molar refractivity (Wildman–Crippen MR) is 83.5 cm³/mol. The second-order valence-corrected chi connectivity index (χ2v) is 6.68. The summed E-state index contributed by atoms with van der Waals surface area (Å²) in [5.41, 5.74) is 0.0523. The Kier molecular flexibility index (Phi) is 3.33. The van der Waals surface area contributed by atoms with Crippen LogP contribution >= 0.6 is 11.8 Å². The van der Waals surface area contributed by atoms with Crippen molar-refractivity contribution in [3.8, 4) is 11.5 Å². The summed E-state index contributed by atoms with van der Waals surface area (Å²) in [7, 11) is 0. The Morgan fingerprint density at radius 3 is 2.83 bits per heavy atom. The molecule has 23 heavy (non-hydrogen) atoms. The molecule has 0 unspecified atom stereocenters. The topological polar surface area (TPSA) is 88.3 Å². The number of nitrogens with zero attached hydrogens (tertiary/aromatic N) is 3. The molecule has 2 aliphatic heterocycles. The SMILES string of the molecule is O=C1N[C@]2(CCSC2)C(=O)N1Cc1nnc(-c2ccccc2)o1. The predicted octanol–water partition coefficient (Wildman–Crippen LogP) is 1.66. The maximum atomic E-state index is 12.6. The van der Waals surface area contributed by atoms with Crippen LogP contribution in [-0.4, -0.2) is 44.1 Å². The Morgan fingerprint density at radius 1 is 1.26 bits per heavy atom. The standard InChI is InChI=1S/C15H14N4O3S/c20-13-15(6-7-23-9-15)16-14(21)19(13)8-11-17-18-12(22-11)10-4-2-1-3-5-10/h1-5H,6-9H2,(H,16,21)/t15-/m0/s1. The van der Waals surface area contributed by atoms with Crippen LogP contribution in [0.25, 0.3) is 11.5 Å². The highest BCUT2D eigenvalue weighted by molar-refractivity contribution is 7.99. The van der Waals surface area contributed by atoms with Crippen LogP contribution in [0.3, 0.4) is 0 Å². The van der Waals surface area contributed by atoms with Crippen LogP contribution in [0.1, 0.15) is 12.3 Å². The molecule has 0 aliphatic carbocycles. The summed E-state index contributed by atoms with van der Waals surface area (Å²) in [6.45, 7) is -0.00306. The molecule has 1 N–H and O–H groups in total. The molecule has 1 atom stereocenters. The molecule has 8 heteroatoms. The lowest BCUT2D eigenvalue weighted by atomic mass is 9.99. The summed E-state index contributed by atoms with van der Waals surface area (Å²) in [5.74, 6) is 1.91. The van der Waals surface area contributed by atoms with Crippen LogP contribution in [-0.2, 0) is 11.3 Å². The third-order valence-corrected chi connectivity index (χ3v) is 5.24. The number of nitrogens with one attached hydrogen (secondary N) is 1. The minimum atomic E-state index is -0.746. The maximum absolute atomic E-state index is 12.6. The zero-order chi connectivity index (χ0) is 15.9. The molecular formula is C15H14N4O3S. The van der Waals surface area contributed by atoms with Crippen LogP contribution in [0.5, 0.6) is 0 Å². The maximum Gasteiger partial charge on any atom is 0.325 e. The first-order valence-electron chi connectivity index (χ1n) is 7.28. The first-order valence-corrected chi connectivity index (χ1v) is 8.43. The van der Waals surface area contributed by atoms with E-state index in [4.69, 9.17) is 4.42 Å². The normalized spacial score (nSPS) is 23.7. The van der Waals surface area contributed by atoms with E-state index < -0.39 is 11.6 Å². The molecule has 118 valence electrons. The van der Waals surface area contributed by atoms with Crippen LogP contribution in [0, 0.1) is 0 Å².